The number of ether oxygens (including phenoxy) is 2. The Hall–Kier alpha value is -2.71. The molecule has 9 heteroatoms. The predicted molar refractivity (Wildman–Crippen MR) is 96.4 cm³/mol. The van der Waals surface area contributed by atoms with Crippen molar-refractivity contribution >= 4 is 0 Å². The highest BCUT2D eigenvalue weighted by Crippen LogP contribution is 2.35. The summed E-state index contributed by atoms with van der Waals surface area (Å²) in [4.78, 5) is 0. The Balaban J connectivity index is 2.11. The molecule has 2 aromatic carbocycles. The van der Waals surface area contributed by atoms with E-state index in [0.717, 1.165) is 43.5 Å². The normalized spacial score (nSPS) is 12.4. The Labute approximate surface area is 168 Å². The van der Waals surface area contributed by atoms with Gasteiger partial charge in [-0.3, -0.25) is 0 Å². The van der Waals surface area contributed by atoms with Crippen LogP contribution in [0.15, 0.2) is 48.7 Å². The van der Waals surface area contributed by atoms with Gasteiger partial charge < -0.3 is 9.47 Å². The predicted octanol–water partition coefficient (Wildman–Crippen LogP) is 7.28. The van der Waals surface area contributed by atoms with Crippen molar-refractivity contribution in [3.8, 4) is 11.5 Å². The maximum Gasteiger partial charge on any atom is 0.429 e. The second kappa shape index (κ2) is 9.86. The average molecular weight is 436 g/mol. The van der Waals surface area contributed by atoms with E-state index in [1.165, 1.54) is 6.07 Å². The molecular formula is C21H19F7O2. The third kappa shape index (κ3) is 6.96. The van der Waals surface area contributed by atoms with Crippen LogP contribution in [0.3, 0.4) is 0 Å². The van der Waals surface area contributed by atoms with Crippen LogP contribution in [0.1, 0.15) is 37.3 Å². The number of benzene rings is 2. The first-order valence-electron chi connectivity index (χ1n) is 9.08. The molecule has 0 aliphatic heterocycles. The van der Waals surface area contributed by atoms with Crippen molar-refractivity contribution < 1.29 is 40.2 Å². The van der Waals surface area contributed by atoms with Crippen LogP contribution in [0.4, 0.5) is 30.7 Å². The van der Waals surface area contributed by atoms with Gasteiger partial charge in [0, 0.05) is 6.07 Å². The molecule has 0 bridgehead atoms. The summed E-state index contributed by atoms with van der Waals surface area (Å²) in [5.74, 6) is -3.68. The highest BCUT2D eigenvalue weighted by Gasteiger charge is 2.38. The minimum Gasteiger partial charge on any atom is -0.462 e. The van der Waals surface area contributed by atoms with Crippen molar-refractivity contribution in [2.45, 2.75) is 44.9 Å². The third-order valence-electron chi connectivity index (χ3n) is 4.02. The van der Waals surface area contributed by atoms with E-state index in [0.29, 0.717) is 18.1 Å². The molecule has 164 valence electrons. The molecule has 0 unspecified atom stereocenters. The van der Waals surface area contributed by atoms with Gasteiger partial charge in [-0.2, -0.15) is 22.0 Å². The van der Waals surface area contributed by atoms with Gasteiger partial charge >= 0.3 is 12.3 Å². The molecule has 0 heterocycles. The third-order valence-corrected chi connectivity index (χ3v) is 4.02. The molecule has 2 nitrogen and oxygen atoms in total. The van der Waals surface area contributed by atoms with Crippen molar-refractivity contribution in [2.24, 2.45) is 0 Å². The zero-order valence-electron chi connectivity index (χ0n) is 15.9. The summed E-state index contributed by atoms with van der Waals surface area (Å²) in [5.41, 5.74) is -0.449. The fraction of sp³-hybridized carbons (Fsp3) is 0.333. The molecule has 30 heavy (non-hydrogen) atoms. The van der Waals surface area contributed by atoms with E-state index in [4.69, 9.17) is 0 Å². The van der Waals surface area contributed by atoms with Crippen LogP contribution in [0.2, 0.25) is 0 Å². The lowest BCUT2D eigenvalue weighted by molar-refractivity contribution is -0.187. The Bertz CT molecular complexity index is 876. The van der Waals surface area contributed by atoms with E-state index < -0.39 is 41.0 Å². The van der Waals surface area contributed by atoms with Crippen LogP contribution in [0.5, 0.6) is 11.5 Å². The number of halogens is 7. The summed E-state index contributed by atoms with van der Waals surface area (Å²) in [6, 6.07) is 5.47. The molecule has 0 N–H and O–H groups in total. The quantitative estimate of drug-likeness (QED) is 0.234. The second-order valence-corrected chi connectivity index (χ2v) is 6.44. The van der Waals surface area contributed by atoms with Crippen LogP contribution < -0.4 is 9.47 Å². The number of hydrogen-bond acceptors (Lipinski definition) is 2. The van der Waals surface area contributed by atoms with Crippen LogP contribution in [0.25, 0.3) is 0 Å². The van der Waals surface area contributed by atoms with Gasteiger partial charge in [-0.05, 0) is 42.7 Å². The molecule has 0 radical (unpaired) electrons. The lowest BCUT2D eigenvalue weighted by Gasteiger charge is -2.19. The zero-order valence-corrected chi connectivity index (χ0v) is 15.9. The van der Waals surface area contributed by atoms with Gasteiger partial charge in [0.05, 0.1) is 17.9 Å². The van der Waals surface area contributed by atoms with E-state index in [1.807, 2.05) is 6.92 Å². The van der Waals surface area contributed by atoms with Gasteiger partial charge in [-0.15, -0.1) is 0 Å². The second-order valence-electron chi connectivity index (χ2n) is 6.44. The van der Waals surface area contributed by atoms with Crippen LogP contribution in [-0.2, 0) is 12.5 Å². The molecule has 0 aliphatic carbocycles. The zero-order chi connectivity index (χ0) is 22.4. The van der Waals surface area contributed by atoms with Crippen molar-refractivity contribution in [3.05, 3.63) is 71.5 Å². The monoisotopic (exact) mass is 436 g/mol. The summed E-state index contributed by atoms with van der Waals surface area (Å²) in [5, 5.41) is 0. The van der Waals surface area contributed by atoms with E-state index in [1.54, 1.807) is 0 Å². The summed E-state index contributed by atoms with van der Waals surface area (Å²) >= 11 is 0. The largest absolute Gasteiger partial charge is 0.462 e. The first kappa shape index (κ1) is 23.6. The molecule has 0 spiro atoms. The molecule has 2 rings (SSSR count). The van der Waals surface area contributed by atoms with Gasteiger partial charge in [0.2, 0.25) is 0 Å². The fourth-order valence-electron chi connectivity index (χ4n) is 2.56. The molecule has 0 saturated heterocycles. The Morgan fingerprint density at radius 3 is 2.23 bits per heavy atom. The van der Waals surface area contributed by atoms with Gasteiger partial charge in [0.25, 0.3) is 0 Å². The maximum absolute atomic E-state index is 14.4. The molecule has 0 aliphatic rings. The van der Waals surface area contributed by atoms with E-state index in [2.05, 4.69) is 9.47 Å². The SMILES string of the molecule is CCCCCc1ccc(C(F)(F)Oc2ccc(O/C=C/C(F)(F)F)c(F)c2)c(F)c1. The molecule has 0 saturated carbocycles. The molecular weight excluding hydrogens is 417 g/mol. The van der Waals surface area contributed by atoms with Crippen molar-refractivity contribution in [1.82, 2.24) is 0 Å². The number of hydrogen-bond donors (Lipinski definition) is 0. The van der Waals surface area contributed by atoms with Crippen LogP contribution in [-0.4, -0.2) is 6.18 Å². The van der Waals surface area contributed by atoms with Crippen LogP contribution >= 0.6 is 0 Å². The Morgan fingerprint density at radius 1 is 0.900 bits per heavy atom. The summed E-state index contributed by atoms with van der Waals surface area (Å²) in [6.07, 6.45) is -5.56. The highest BCUT2D eigenvalue weighted by molar-refractivity contribution is 5.35. The standard InChI is InChI=1S/C21H19F7O2/c1-2-3-4-5-14-6-8-16(17(22)12-14)21(27,28)30-15-7-9-19(18(23)13-15)29-11-10-20(24,25)26/h6-13H,2-5H2,1H3/b11-10+. The number of unbranched alkanes of at least 4 members (excludes halogenated alkanes) is 2. The lowest BCUT2D eigenvalue weighted by atomic mass is 10.0. The Morgan fingerprint density at radius 2 is 1.63 bits per heavy atom. The molecule has 0 aromatic heterocycles. The molecule has 0 fully saturated rings. The minimum atomic E-state index is -4.66. The van der Waals surface area contributed by atoms with E-state index >= 15 is 0 Å². The Kier molecular flexibility index (Phi) is 7.75. The summed E-state index contributed by atoms with van der Waals surface area (Å²) in [6.45, 7) is 2.00. The van der Waals surface area contributed by atoms with Crippen LogP contribution in [0, 0.1) is 11.6 Å². The highest BCUT2D eigenvalue weighted by atomic mass is 19.4. The maximum atomic E-state index is 14.4. The van der Waals surface area contributed by atoms with Gasteiger partial charge in [0.15, 0.2) is 11.6 Å². The van der Waals surface area contributed by atoms with E-state index in [9.17, 15) is 30.7 Å². The van der Waals surface area contributed by atoms with Crippen molar-refractivity contribution in [3.63, 3.8) is 0 Å². The first-order valence-corrected chi connectivity index (χ1v) is 9.08. The number of aryl methyl sites for hydroxylation is 1. The van der Waals surface area contributed by atoms with Gasteiger partial charge in [-0.25, -0.2) is 8.78 Å². The number of alkyl halides is 5. The molecule has 0 amide bonds. The number of rotatable bonds is 9. The average Bonchev–Trinajstić information content (AvgIpc) is 2.62. The first-order chi connectivity index (χ1) is 14.0. The lowest BCUT2D eigenvalue weighted by Crippen LogP contribution is -2.23. The summed E-state index contributed by atoms with van der Waals surface area (Å²) < 4.78 is 102. The van der Waals surface area contributed by atoms with Gasteiger partial charge in [0.1, 0.15) is 11.6 Å². The molecule has 2 aromatic rings. The van der Waals surface area contributed by atoms with E-state index in [-0.39, 0.29) is 12.3 Å². The topological polar surface area (TPSA) is 18.5 Å². The smallest absolute Gasteiger partial charge is 0.429 e. The van der Waals surface area contributed by atoms with Gasteiger partial charge in [-0.1, -0.05) is 25.8 Å². The fourth-order valence-corrected chi connectivity index (χ4v) is 2.56. The van der Waals surface area contributed by atoms with Crippen molar-refractivity contribution in [1.29, 1.82) is 0 Å². The number of allylic oxidation sites excluding steroid dienone is 1. The molecule has 0 atom stereocenters. The van der Waals surface area contributed by atoms with Crippen molar-refractivity contribution in [2.75, 3.05) is 0 Å². The summed E-state index contributed by atoms with van der Waals surface area (Å²) in [7, 11) is 0. The minimum absolute atomic E-state index is 0.213.